The van der Waals surface area contributed by atoms with Gasteiger partial charge in [0.1, 0.15) is 19.5 Å². The van der Waals surface area contributed by atoms with Crippen molar-refractivity contribution in [3.8, 4) is 19.5 Å². The Kier molecular flexibility index (Phi) is 4.00. The average Bonchev–Trinajstić information content (AvgIpc) is 2.94. The van der Waals surface area contributed by atoms with E-state index in [4.69, 9.17) is 0 Å². The minimum atomic E-state index is 1.34. The van der Waals surface area contributed by atoms with Gasteiger partial charge in [0.05, 0.1) is 45.3 Å². The molecule has 0 aliphatic heterocycles. The van der Waals surface area contributed by atoms with Gasteiger partial charge in [-0.3, -0.25) is 0 Å². The molecule has 0 spiro atoms. The van der Waals surface area contributed by atoms with Crippen LogP contribution in [-0.4, -0.2) is 0 Å². The Morgan fingerprint density at radius 1 is 0.650 bits per heavy atom. The summed E-state index contributed by atoms with van der Waals surface area (Å²) in [5, 5.41) is 0. The number of hydrogen-bond donors (Lipinski definition) is 0. The fourth-order valence-corrected chi connectivity index (χ4v) is 6.90. The summed E-state index contributed by atoms with van der Waals surface area (Å²) in [6.07, 6.45) is 0. The molecule has 0 fully saturated rings. The molecule has 4 heteroatoms. The topological polar surface area (TPSA) is 0 Å². The summed E-state index contributed by atoms with van der Waals surface area (Å²) in [6, 6.07) is 9.03. The Balaban J connectivity index is 1.95. The Hall–Kier alpha value is -0.680. The van der Waals surface area contributed by atoms with Crippen LogP contribution >= 0.6 is 45.3 Å². The van der Waals surface area contributed by atoms with E-state index in [2.05, 4.69) is 52.0 Å². The van der Waals surface area contributed by atoms with Crippen molar-refractivity contribution in [2.24, 2.45) is 0 Å². The quantitative estimate of drug-likeness (QED) is 0.439. The molecule has 3 aromatic rings. The Morgan fingerprint density at radius 3 is 1.25 bits per heavy atom. The lowest BCUT2D eigenvalue weighted by atomic mass is 10.2. The lowest BCUT2D eigenvalue weighted by Gasteiger charge is -1.92. The Bertz CT molecular complexity index is 643. The highest BCUT2D eigenvalue weighted by atomic mass is 32.2. The molecule has 2 heterocycles. The van der Waals surface area contributed by atoms with Crippen LogP contribution in [-0.2, 0) is 0 Å². The van der Waals surface area contributed by atoms with E-state index < -0.39 is 0 Å². The maximum absolute atomic E-state index is 2.26. The molecule has 2 aromatic heterocycles. The van der Waals surface area contributed by atoms with Crippen molar-refractivity contribution in [3.63, 3.8) is 0 Å². The molecule has 0 saturated heterocycles. The predicted molar refractivity (Wildman–Crippen MR) is 96.6 cm³/mol. The van der Waals surface area contributed by atoms with Crippen molar-refractivity contribution < 1.29 is 0 Å². The number of rotatable bonds is 2. The summed E-state index contributed by atoms with van der Waals surface area (Å²) >= 11 is 7.60. The number of aryl methyl sites for hydroxylation is 4. The smallest absolute Gasteiger partial charge is 0.0478 e. The van der Waals surface area contributed by atoms with Crippen LogP contribution in [0, 0.1) is 27.7 Å². The molecule has 0 bridgehead atoms. The lowest BCUT2D eigenvalue weighted by molar-refractivity contribution is 1.51. The van der Waals surface area contributed by atoms with Crippen molar-refractivity contribution >= 4 is 45.3 Å². The van der Waals surface area contributed by atoms with Crippen molar-refractivity contribution in [2.45, 2.75) is 27.7 Å². The van der Waals surface area contributed by atoms with Gasteiger partial charge >= 0.3 is 0 Å². The maximum Gasteiger partial charge on any atom is 0.285 e. The van der Waals surface area contributed by atoms with Gasteiger partial charge in [0, 0.05) is 11.1 Å². The van der Waals surface area contributed by atoms with Crippen LogP contribution in [0.2, 0.25) is 0 Å². The summed E-state index contributed by atoms with van der Waals surface area (Å²) in [5.41, 5.74) is 2.69. The highest BCUT2D eigenvalue weighted by Gasteiger charge is 2.20. The molecule has 3 rings (SSSR count). The standard InChI is InChI=1S/C16H16S4/c1-9-10(2)18-15(17-9)13-5-7-14(8-6-13)16-19-11(3)12(4)20-16/h5-8H,1-4H3/q+2. The first-order valence-electron chi connectivity index (χ1n) is 6.45. The zero-order valence-electron chi connectivity index (χ0n) is 11.9. The first-order valence-corrected chi connectivity index (χ1v) is 9.72. The summed E-state index contributed by atoms with van der Waals surface area (Å²) in [5.74, 6) is 0. The van der Waals surface area contributed by atoms with Crippen LogP contribution in [0.3, 0.4) is 0 Å². The van der Waals surface area contributed by atoms with E-state index in [9.17, 15) is 0 Å². The van der Waals surface area contributed by atoms with E-state index in [1.165, 1.54) is 39.0 Å². The van der Waals surface area contributed by atoms with Crippen LogP contribution in [0.4, 0.5) is 0 Å². The molecule has 0 N–H and O–H groups in total. The van der Waals surface area contributed by atoms with E-state index in [-0.39, 0.29) is 0 Å². The van der Waals surface area contributed by atoms with Gasteiger partial charge in [0.2, 0.25) is 0 Å². The molecule has 0 saturated carbocycles. The molecule has 102 valence electrons. The fourth-order valence-electron chi connectivity index (χ4n) is 1.86. The normalized spacial score (nSPS) is 11.0. The summed E-state index contributed by atoms with van der Waals surface area (Å²) < 4.78 is 2.82. The van der Waals surface area contributed by atoms with Gasteiger partial charge in [-0.15, -0.1) is 0 Å². The first-order chi connectivity index (χ1) is 9.54. The molecule has 0 aliphatic rings. The molecule has 0 radical (unpaired) electrons. The second kappa shape index (κ2) is 5.60. The predicted octanol–water partition coefficient (Wildman–Crippen LogP) is 7.06. The van der Waals surface area contributed by atoms with Crippen molar-refractivity contribution in [1.82, 2.24) is 0 Å². The summed E-state index contributed by atoms with van der Waals surface area (Å²) in [4.78, 5) is 5.73. The van der Waals surface area contributed by atoms with Gasteiger partial charge in [-0.05, 0) is 52.0 Å². The average molecular weight is 337 g/mol. The van der Waals surface area contributed by atoms with Crippen LogP contribution in [0.1, 0.15) is 19.5 Å². The molecular formula is C16H16S4+2. The minimum Gasteiger partial charge on any atom is -0.0478 e. The summed E-state index contributed by atoms with van der Waals surface area (Å²) in [6.45, 7) is 8.81. The minimum absolute atomic E-state index is 1.34. The van der Waals surface area contributed by atoms with Gasteiger partial charge in [-0.2, -0.15) is 0 Å². The molecule has 20 heavy (non-hydrogen) atoms. The van der Waals surface area contributed by atoms with Crippen molar-refractivity contribution in [2.75, 3.05) is 0 Å². The zero-order valence-corrected chi connectivity index (χ0v) is 15.2. The van der Waals surface area contributed by atoms with Crippen LogP contribution < -0.4 is 0 Å². The molecule has 0 aliphatic carbocycles. The molecule has 0 nitrogen and oxygen atoms in total. The highest BCUT2D eigenvalue weighted by molar-refractivity contribution is 7.36. The Labute approximate surface area is 136 Å². The van der Waals surface area contributed by atoms with Crippen molar-refractivity contribution in [3.05, 3.63) is 43.8 Å². The molecule has 0 unspecified atom stereocenters. The first kappa shape index (κ1) is 14.3. The van der Waals surface area contributed by atoms with Crippen molar-refractivity contribution in [1.29, 1.82) is 0 Å². The Morgan fingerprint density at radius 2 is 1.00 bits per heavy atom. The van der Waals surface area contributed by atoms with Gasteiger partial charge in [0.25, 0.3) is 8.38 Å². The third-order valence-electron chi connectivity index (χ3n) is 3.33. The molecule has 1 aromatic carbocycles. The van der Waals surface area contributed by atoms with Gasteiger partial charge in [0.15, 0.2) is 0 Å². The second-order valence-corrected chi connectivity index (χ2v) is 10.2. The highest BCUT2D eigenvalue weighted by Crippen LogP contribution is 2.39. The van der Waals surface area contributed by atoms with Gasteiger partial charge in [-0.25, -0.2) is 0 Å². The van der Waals surface area contributed by atoms with Crippen LogP contribution in [0.5, 0.6) is 0 Å². The lowest BCUT2D eigenvalue weighted by Crippen LogP contribution is -1.72. The van der Waals surface area contributed by atoms with E-state index in [1.807, 2.05) is 45.3 Å². The largest absolute Gasteiger partial charge is 0.285 e. The van der Waals surface area contributed by atoms with Crippen LogP contribution in [0.25, 0.3) is 19.5 Å². The summed E-state index contributed by atoms with van der Waals surface area (Å²) in [7, 11) is 0. The van der Waals surface area contributed by atoms with E-state index >= 15 is 0 Å². The van der Waals surface area contributed by atoms with Crippen LogP contribution in [0.15, 0.2) is 24.3 Å². The molecular weight excluding hydrogens is 320 g/mol. The van der Waals surface area contributed by atoms with Gasteiger partial charge in [-0.1, -0.05) is 0 Å². The third-order valence-corrected chi connectivity index (χ3v) is 8.72. The SMILES string of the molecule is Cc1sc(-c2ccc(-c3sc(C)c(C)[s+]3)cc2)[s+]c1C. The van der Waals surface area contributed by atoms with E-state index in [0.29, 0.717) is 0 Å². The zero-order chi connectivity index (χ0) is 14.3. The number of benzene rings is 1. The van der Waals surface area contributed by atoms with E-state index in [0.717, 1.165) is 0 Å². The monoisotopic (exact) mass is 336 g/mol. The molecule has 0 amide bonds. The van der Waals surface area contributed by atoms with E-state index in [1.54, 1.807) is 0 Å². The third kappa shape index (κ3) is 2.70. The van der Waals surface area contributed by atoms with Gasteiger partial charge < -0.3 is 0 Å². The number of hydrogen-bond acceptors (Lipinski definition) is 2. The fraction of sp³-hybridized carbons (Fsp3) is 0.250. The molecule has 0 atom stereocenters. The second-order valence-electron chi connectivity index (χ2n) is 4.79. The maximum atomic E-state index is 2.26.